The van der Waals surface area contributed by atoms with Crippen LogP contribution in [0.2, 0.25) is 0 Å². The summed E-state index contributed by atoms with van der Waals surface area (Å²) >= 11 is 1.61. The molecule has 1 saturated heterocycles. The van der Waals surface area contributed by atoms with E-state index in [4.69, 9.17) is 4.74 Å². The summed E-state index contributed by atoms with van der Waals surface area (Å²) in [6.07, 6.45) is 1.83. The highest BCUT2D eigenvalue weighted by Crippen LogP contribution is 2.44. The van der Waals surface area contributed by atoms with Crippen LogP contribution in [0.4, 0.5) is 13.9 Å². The highest BCUT2D eigenvalue weighted by Gasteiger charge is 2.43. The molecule has 0 radical (unpaired) electrons. The number of anilines is 1. The van der Waals surface area contributed by atoms with Crippen molar-refractivity contribution in [2.24, 2.45) is 0 Å². The van der Waals surface area contributed by atoms with E-state index in [1.54, 1.807) is 29.7 Å². The van der Waals surface area contributed by atoms with E-state index < -0.39 is 6.29 Å². The molecular formula is C26H32F2N4O3S. The second-order valence-electron chi connectivity index (χ2n) is 7.26. The molecule has 1 aromatic carbocycles. The normalized spacial score (nSPS) is 15.3. The average Bonchev–Trinajstić information content (AvgIpc) is 3.62. The molecule has 0 saturated carbocycles. The van der Waals surface area contributed by atoms with Gasteiger partial charge in [0.1, 0.15) is 5.65 Å². The number of halogens is 2. The quantitative estimate of drug-likeness (QED) is 0.309. The summed E-state index contributed by atoms with van der Waals surface area (Å²) in [5.41, 5.74) is 3.21. The first-order chi connectivity index (χ1) is 17.1. The first-order valence-corrected chi connectivity index (χ1v) is 12.5. The Labute approximate surface area is 214 Å². The number of nitrogens with zero attached hydrogens (tertiary/aromatic N) is 3. The third-order valence-electron chi connectivity index (χ3n) is 5.30. The van der Waals surface area contributed by atoms with Crippen LogP contribution in [0.15, 0.2) is 42.9 Å². The zero-order chi connectivity index (χ0) is 25.0. The number of H-pyrrole nitrogens is 1. The van der Waals surface area contributed by atoms with Crippen molar-refractivity contribution >= 4 is 27.5 Å². The SMILES string of the molecule is C.CC.CC.FC1(F)Oc2ccc(-c3c[nH]c4ncc(-c5cnc(N6CCOCC6)s5)cc34)cc2O1. The van der Waals surface area contributed by atoms with E-state index in [0.717, 1.165) is 45.2 Å². The van der Waals surface area contributed by atoms with Gasteiger partial charge in [0.2, 0.25) is 0 Å². The molecule has 3 aromatic heterocycles. The van der Waals surface area contributed by atoms with E-state index in [0.29, 0.717) is 18.9 Å². The highest BCUT2D eigenvalue weighted by molar-refractivity contribution is 7.18. The number of nitrogens with one attached hydrogen (secondary N) is 1. The molecule has 1 fully saturated rings. The maximum atomic E-state index is 13.4. The molecule has 2 aliphatic rings. The minimum Gasteiger partial charge on any atom is -0.395 e. The number of pyridine rings is 1. The van der Waals surface area contributed by atoms with Crippen molar-refractivity contribution in [2.75, 3.05) is 31.2 Å². The number of rotatable bonds is 3. The van der Waals surface area contributed by atoms with Crippen LogP contribution in [0.3, 0.4) is 0 Å². The number of thiazole rings is 1. The second-order valence-corrected chi connectivity index (χ2v) is 8.27. The first-order valence-electron chi connectivity index (χ1n) is 11.7. The maximum absolute atomic E-state index is 13.4. The largest absolute Gasteiger partial charge is 0.586 e. The predicted molar refractivity (Wildman–Crippen MR) is 141 cm³/mol. The molecule has 194 valence electrons. The van der Waals surface area contributed by atoms with Crippen LogP contribution in [0.5, 0.6) is 11.5 Å². The minimum absolute atomic E-state index is 0. The monoisotopic (exact) mass is 518 g/mol. The summed E-state index contributed by atoms with van der Waals surface area (Å²) < 4.78 is 41.2. The number of aromatic nitrogens is 3. The number of hydrogen-bond donors (Lipinski definition) is 1. The van der Waals surface area contributed by atoms with Gasteiger partial charge in [-0.25, -0.2) is 9.97 Å². The molecule has 4 aromatic rings. The van der Waals surface area contributed by atoms with Gasteiger partial charge in [-0.2, -0.15) is 0 Å². The van der Waals surface area contributed by atoms with Crippen LogP contribution in [-0.4, -0.2) is 47.5 Å². The van der Waals surface area contributed by atoms with Crippen LogP contribution in [0.1, 0.15) is 35.1 Å². The second kappa shape index (κ2) is 11.7. The lowest BCUT2D eigenvalue weighted by atomic mass is 10.0. The molecule has 0 aliphatic carbocycles. The molecule has 0 spiro atoms. The zero-order valence-corrected chi connectivity index (χ0v) is 20.9. The molecule has 0 atom stereocenters. The van der Waals surface area contributed by atoms with Crippen molar-refractivity contribution in [3.63, 3.8) is 0 Å². The maximum Gasteiger partial charge on any atom is 0.586 e. The van der Waals surface area contributed by atoms with Gasteiger partial charge in [-0.05, 0) is 23.8 Å². The molecule has 36 heavy (non-hydrogen) atoms. The van der Waals surface area contributed by atoms with E-state index in [1.807, 2.05) is 46.2 Å². The molecular weight excluding hydrogens is 486 g/mol. The van der Waals surface area contributed by atoms with Gasteiger partial charge >= 0.3 is 6.29 Å². The summed E-state index contributed by atoms with van der Waals surface area (Å²) in [6, 6.07) is 6.79. The van der Waals surface area contributed by atoms with Crippen LogP contribution >= 0.6 is 11.3 Å². The van der Waals surface area contributed by atoms with Crippen LogP contribution in [-0.2, 0) is 4.74 Å². The lowest BCUT2D eigenvalue weighted by Crippen LogP contribution is -2.36. The van der Waals surface area contributed by atoms with Crippen molar-refractivity contribution in [3.8, 4) is 33.1 Å². The smallest absolute Gasteiger partial charge is 0.395 e. The number of hydrogen-bond acceptors (Lipinski definition) is 7. The number of benzene rings is 1. The molecule has 0 unspecified atom stereocenters. The average molecular weight is 519 g/mol. The Bertz CT molecular complexity index is 1290. The molecule has 0 bridgehead atoms. The Morgan fingerprint density at radius 1 is 0.944 bits per heavy atom. The number of alkyl halides is 2. The Kier molecular flexibility index (Phi) is 8.86. The Hall–Kier alpha value is -3.24. The summed E-state index contributed by atoms with van der Waals surface area (Å²) in [6.45, 7) is 11.1. The van der Waals surface area contributed by atoms with Crippen molar-refractivity contribution in [1.82, 2.24) is 15.0 Å². The number of morpholine rings is 1. The number of ether oxygens (including phenoxy) is 3. The van der Waals surface area contributed by atoms with Gasteiger partial charge in [-0.1, -0.05) is 52.5 Å². The topological polar surface area (TPSA) is 72.5 Å². The summed E-state index contributed by atoms with van der Waals surface area (Å²) in [4.78, 5) is 15.5. The summed E-state index contributed by atoms with van der Waals surface area (Å²) in [5.74, 6) is 0.0336. The van der Waals surface area contributed by atoms with Crippen LogP contribution < -0.4 is 14.4 Å². The fraction of sp³-hybridized carbons (Fsp3) is 0.385. The van der Waals surface area contributed by atoms with Gasteiger partial charge in [0, 0.05) is 48.2 Å². The van der Waals surface area contributed by atoms with E-state index in [-0.39, 0.29) is 18.9 Å². The predicted octanol–water partition coefficient (Wildman–Crippen LogP) is 7.20. The van der Waals surface area contributed by atoms with Crippen LogP contribution in [0, 0.1) is 0 Å². The number of aromatic amines is 1. The molecule has 6 rings (SSSR count). The molecule has 5 heterocycles. The van der Waals surface area contributed by atoms with Gasteiger partial charge in [0.15, 0.2) is 16.6 Å². The fourth-order valence-electron chi connectivity index (χ4n) is 3.79. The molecule has 0 amide bonds. The van der Waals surface area contributed by atoms with Gasteiger partial charge in [0.05, 0.1) is 18.1 Å². The summed E-state index contributed by atoms with van der Waals surface area (Å²) in [5, 5.41) is 1.84. The standard InChI is InChI=1S/C21H16F2N4O3S.2C2H6.CH4/c22-21(23)29-16-2-1-12(8-17(16)30-21)15-10-25-19-14(15)7-13(9-24-19)18-11-26-20(31-18)27-3-5-28-6-4-27;2*1-2;/h1-2,7-11H,3-6H2,(H,24,25);2*1-2H3;1H4. The lowest BCUT2D eigenvalue weighted by molar-refractivity contribution is -0.286. The zero-order valence-electron chi connectivity index (χ0n) is 20.1. The van der Waals surface area contributed by atoms with Crippen molar-refractivity contribution in [1.29, 1.82) is 0 Å². The molecule has 7 nitrogen and oxygen atoms in total. The Morgan fingerprint density at radius 2 is 1.67 bits per heavy atom. The fourth-order valence-corrected chi connectivity index (χ4v) is 4.74. The van der Waals surface area contributed by atoms with Crippen LogP contribution in [0.25, 0.3) is 32.6 Å². The van der Waals surface area contributed by atoms with E-state index in [1.165, 1.54) is 6.07 Å². The van der Waals surface area contributed by atoms with Gasteiger partial charge in [0.25, 0.3) is 0 Å². The van der Waals surface area contributed by atoms with Crippen molar-refractivity contribution < 1.29 is 23.0 Å². The first kappa shape index (κ1) is 27.3. The highest BCUT2D eigenvalue weighted by atomic mass is 32.1. The van der Waals surface area contributed by atoms with E-state index >= 15 is 0 Å². The lowest BCUT2D eigenvalue weighted by Gasteiger charge is -2.25. The molecule has 10 heteroatoms. The van der Waals surface area contributed by atoms with Crippen molar-refractivity contribution in [2.45, 2.75) is 41.4 Å². The Morgan fingerprint density at radius 3 is 2.42 bits per heavy atom. The Balaban J connectivity index is 0.000000690. The third kappa shape index (κ3) is 5.44. The molecule has 1 N–H and O–H groups in total. The van der Waals surface area contributed by atoms with E-state index in [9.17, 15) is 8.78 Å². The van der Waals surface area contributed by atoms with E-state index in [2.05, 4.69) is 29.3 Å². The minimum atomic E-state index is -3.64. The number of fused-ring (bicyclic) bond motifs is 2. The van der Waals surface area contributed by atoms with Gasteiger partial charge < -0.3 is 24.1 Å². The summed E-state index contributed by atoms with van der Waals surface area (Å²) in [7, 11) is 0. The van der Waals surface area contributed by atoms with Gasteiger partial charge in [-0.15, -0.1) is 8.78 Å². The van der Waals surface area contributed by atoms with Crippen molar-refractivity contribution in [3.05, 3.63) is 42.9 Å². The third-order valence-corrected chi connectivity index (χ3v) is 6.41. The molecule has 2 aliphatic heterocycles. The van der Waals surface area contributed by atoms with Gasteiger partial charge in [-0.3, -0.25) is 0 Å².